The van der Waals surface area contributed by atoms with E-state index in [1.807, 2.05) is 67.6 Å². The number of hydrogen-bond donors (Lipinski definition) is 0. The van der Waals surface area contributed by atoms with Gasteiger partial charge in [0.15, 0.2) is 0 Å². The van der Waals surface area contributed by atoms with Gasteiger partial charge in [0.05, 0.1) is 15.5 Å². The molecule has 100 valence electrons. The molecule has 0 spiro atoms. The maximum atomic E-state index is 13.2. The van der Waals surface area contributed by atoms with Crippen LogP contribution in [0.5, 0.6) is 0 Å². The Kier molecular flexibility index (Phi) is 3.24. The minimum atomic E-state index is -2.59. The van der Waals surface area contributed by atoms with Crippen molar-refractivity contribution in [3.8, 4) is 0 Å². The van der Waals surface area contributed by atoms with Crippen LogP contribution in [-0.4, -0.2) is 10.5 Å². The van der Waals surface area contributed by atoms with Gasteiger partial charge < -0.3 is 0 Å². The molecule has 0 bridgehead atoms. The molecule has 0 fully saturated rings. The van der Waals surface area contributed by atoms with Gasteiger partial charge in [0.2, 0.25) is 0 Å². The van der Waals surface area contributed by atoms with E-state index in [4.69, 9.17) is 0 Å². The number of allylic oxidation sites excluding steroid dienone is 1. The lowest BCUT2D eigenvalue weighted by atomic mass is 10.1. The molecule has 1 aliphatic heterocycles. The average molecular weight is 282 g/mol. The summed E-state index contributed by atoms with van der Waals surface area (Å²) < 4.78 is 17.4. The van der Waals surface area contributed by atoms with Crippen LogP contribution >= 0.6 is 0 Å². The number of rotatable bonds is 2. The van der Waals surface area contributed by atoms with Crippen molar-refractivity contribution < 1.29 is 4.21 Å². The number of benzene rings is 2. The van der Waals surface area contributed by atoms with Gasteiger partial charge in [-0.15, -0.1) is 0 Å². The molecule has 0 amide bonds. The van der Waals surface area contributed by atoms with Crippen LogP contribution in [0.3, 0.4) is 0 Å². The van der Waals surface area contributed by atoms with Gasteiger partial charge in [-0.05, 0) is 19.1 Å². The Bertz CT molecular complexity index is 799. The van der Waals surface area contributed by atoms with Crippen LogP contribution in [0, 0.1) is 0 Å². The predicted octanol–water partition coefficient (Wildman–Crippen LogP) is 3.94. The minimum Gasteiger partial charge on any atom is -0.240 e. The highest BCUT2D eigenvalue weighted by Gasteiger charge is 2.21. The fraction of sp³-hybridized carbons (Fsp3) is 0.0625. The first-order valence-corrected chi connectivity index (χ1v) is 7.83. The molecule has 0 aromatic heterocycles. The molecular weight excluding hydrogens is 268 g/mol. The fourth-order valence-electron chi connectivity index (χ4n) is 2.17. The molecule has 1 unspecified atom stereocenters. The van der Waals surface area contributed by atoms with Crippen molar-refractivity contribution in [2.24, 2.45) is 9.36 Å². The fourth-order valence-corrected chi connectivity index (χ4v) is 3.94. The number of aliphatic imine (C=N–C) groups is 1. The third-order valence-electron chi connectivity index (χ3n) is 3.24. The van der Waals surface area contributed by atoms with Crippen LogP contribution < -0.4 is 0 Å². The largest absolute Gasteiger partial charge is 0.240 e. The third-order valence-corrected chi connectivity index (χ3v) is 5.57. The van der Waals surface area contributed by atoms with Crippen molar-refractivity contribution in [2.45, 2.75) is 11.8 Å². The summed E-state index contributed by atoms with van der Waals surface area (Å²) in [5, 5.41) is 0. The van der Waals surface area contributed by atoms with Crippen LogP contribution in [0.2, 0.25) is 0 Å². The van der Waals surface area contributed by atoms with Gasteiger partial charge in [-0.1, -0.05) is 48.5 Å². The van der Waals surface area contributed by atoms with Crippen LogP contribution in [0.1, 0.15) is 12.5 Å². The average Bonchev–Trinajstić information content (AvgIpc) is 2.52. The van der Waals surface area contributed by atoms with Gasteiger partial charge in [-0.2, -0.15) is 4.36 Å². The maximum absolute atomic E-state index is 13.2. The van der Waals surface area contributed by atoms with Gasteiger partial charge in [0, 0.05) is 5.56 Å². The molecule has 1 atom stereocenters. The smallest absolute Gasteiger partial charge is 0.126 e. The zero-order valence-electron chi connectivity index (χ0n) is 11.1. The Hall–Kier alpha value is -2.20. The second kappa shape index (κ2) is 5.06. The van der Waals surface area contributed by atoms with Crippen LogP contribution in [0.4, 0.5) is 0 Å². The second-order valence-corrected chi connectivity index (χ2v) is 6.81. The molecule has 0 N–H and O–H groups in total. The summed E-state index contributed by atoms with van der Waals surface area (Å²) in [7, 11) is -2.59. The van der Waals surface area contributed by atoms with Crippen LogP contribution in [-0.2, 0) is 9.73 Å². The summed E-state index contributed by atoms with van der Waals surface area (Å²) in [6, 6.07) is 19.1. The van der Waals surface area contributed by atoms with E-state index in [-0.39, 0.29) is 0 Å². The molecule has 2 aromatic carbocycles. The van der Waals surface area contributed by atoms with Crippen LogP contribution in [0.15, 0.2) is 79.8 Å². The molecule has 0 radical (unpaired) electrons. The monoisotopic (exact) mass is 282 g/mol. The SMILES string of the molecule is CC1=C(c2ccccc2)N=CN=S1(=O)c1ccccc1. The number of hydrogen-bond acceptors (Lipinski definition) is 3. The predicted molar refractivity (Wildman–Crippen MR) is 82.8 cm³/mol. The lowest BCUT2D eigenvalue weighted by molar-refractivity contribution is 0.681. The molecule has 3 nitrogen and oxygen atoms in total. The first-order valence-electron chi connectivity index (χ1n) is 6.32. The maximum Gasteiger partial charge on any atom is 0.126 e. The zero-order valence-corrected chi connectivity index (χ0v) is 11.9. The van der Waals surface area contributed by atoms with Gasteiger partial charge in [-0.25, -0.2) is 9.20 Å². The standard InChI is InChI=1S/C16H14N2OS/c1-13-16(14-8-4-2-5-9-14)17-12-18-20(13,19)15-10-6-3-7-11-15/h2-12H,1H3. The summed E-state index contributed by atoms with van der Waals surface area (Å²) in [5.41, 5.74) is 1.70. The van der Waals surface area contributed by atoms with E-state index >= 15 is 0 Å². The Balaban J connectivity index is 2.21. The second-order valence-electron chi connectivity index (χ2n) is 4.46. The Morgan fingerprint density at radius 3 is 2.15 bits per heavy atom. The zero-order chi connectivity index (χ0) is 14.0. The van der Waals surface area contributed by atoms with Crippen molar-refractivity contribution in [2.75, 3.05) is 0 Å². The van der Waals surface area contributed by atoms with E-state index in [0.29, 0.717) is 4.91 Å². The molecule has 1 heterocycles. The van der Waals surface area contributed by atoms with Crippen molar-refractivity contribution in [1.82, 2.24) is 0 Å². The highest BCUT2D eigenvalue weighted by Crippen LogP contribution is 2.31. The van der Waals surface area contributed by atoms with E-state index in [1.165, 1.54) is 6.34 Å². The molecule has 0 aliphatic carbocycles. The van der Waals surface area contributed by atoms with Crippen molar-refractivity contribution in [3.05, 3.63) is 71.1 Å². The van der Waals surface area contributed by atoms with Crippen molar-refractivity contribution in [3.63, 3.8) is 0 Å². The molecule has 2 aromatic rings. The molecular formula is C16H14N2OS. The normalized spacial score (nSPS) is 21.6. The van der Waals surface area contributed by atoms with E-state index in [0.717, 1.165) is 16.2 Å². The molecule has 0 saturated heterocycles. The van der Waals surface area contributed by atoms with Gasteiger partial charge in [0.1, 0.15) is 16.1 Å². The van der Waals surface area contributed by atoms with E-state index in [2.05, 4.69) is 9.36 Å². The summed E-state index contributed by atoms with van der Waals surface area (Å²) in [6.07, 6.45) is 1.41. The molecule has 0 saturated carbocycles. The van der Waals surface area contributed by atoms with E-state index < -0.39 is 9.73 Å². The molecule has 3 rings (SSSR count). The quantitative estimate of drug-likeness (QED) is 0.822. The summed E-state index contributed by atoms with van der Waals surface area (Å²) in [4.78, 5) is 5.74. The lowest BCUT2D eigenvalue weighted by Crippen LogP contribution is -2.08. The summed E-state index contributed by atoms with van der Waals surface area (Å²) in [6.45, 7) is 1.84. The van der Waals surface area contributed by atoms with Crippen molar-refractivity contribution >= 4 is 21.8 Å². The Morgan fingerprint density at radius 1 is 0.900 bits per heavy atom. The molecule has 4 heteroatoms. The third kappa shape index (κ3) is 2.08. The minimum absolute atomic E-state index is 0.706. The highest BCUT2D eigenvalue weighted by molar-refractivity contribution is 7.97. The number of nitrogens with zero attached hydrogens (tertiary/aromatic N) is 2. The molecule has 20 heavy (non-hydrogen) atoms. The highest BCUT2D eigenvalue weighted by atomic mass is 32.2. The van der Waals surface area contributed by atoms with Gasteiger partial charge in [-0.3, -0.25) is 0 Å². The van der Waals surface area contributed by atoms with Crippen molar-refractivity contribution in [1.29, 1.82) is 0 Å². The van der Waals surface area contributed by atoms with Crippen LogP contribution in [0.25, 0.3) is 5.70 Å². The van der Waals surface area contributed by atoms with Gasteiger partial charge in [0.25, 0.3) is 0 Å². The Morgan fingerprint density at radius 2 is 1.50 bits per heavy atom. The van der Waals surface area contributed by atoms with Gasteiger partial charge >= 0.3 is 0 Å². The Labute approximate surface area is 118 Å². The molecule has 1 aliphatic rings. The first-order chi connectivity index (χ1) is 9.72. The van der Waals surface area contributed by atoms with E-state index in [1.54, 1.807) is 0 Å². The summed E-state index contributed by atoms with van der Waals surface area (Å²) in [5.74, 6) is 0. The lowest BCUT2D eigenvalue weighted by Gasteiger charge is -2.16. The van der Waals surface area contributed by atoms with E-state index in [9.17, 15) is 4.21 Å². The topological polar surface area (TPSA) is 41.8 Å². The summed E-state index contributed by atoms with van der Waals surface area (Å²) >= 11 is 0. The first kappa shape index (κ1) is 12.8.